The van der Waals surface area contributed by atoms with Gasteiger partial charge in [-0.05, 0) is 54.5 Å². The number of aliphatic carboxylic acids is 1. The molecule has 0 amide bonds. The zero-order chi connectivity index (χ0) is 27.6. The molecule has 9 heteroatoms. The molecule has 204 valence electrons. The highest BCUT2D eigenvalue weighted by atomic mass is 32.2. The van der Waals surface area contributed by atoms with Crippen molar-refractivity contribution < 1.29 is 19.4 Å². The fraction of sp³-hybridized carbons (Fsp3) is 0.400. The number of carbonyl (C=O) groups excluding carboxylic acids is 1. The van der Waals surface area contributed by atoms with Crippen LogP contribution in [0.1, 0.15) is 45.6 Å². The minimum absolute atomic E-state index is 0.120. The molecular formula is C30H34N4O4S. The molecular weight excluding hydrogens is 512 g/mol. The summed E-state index contributed by atoms with van der Waals surface area (Å²) in [6.07, 6.45) is 7.08. The summed E-state index contributed by atoms with van der Waals surface area (Å²) in [5, 5.41) is 19.5. The SMILES string of the molecule is CC[C@@](Cc1ccc(Nc2nccc3ccncc23)cc1)(NC1=C(SC(C)C)C(=O)C12CCOCC2)C(=O)O. The van der Waals surface area contributed by atoms with Gasteiger partial charge in [0.1, 0.15) is 11.4 Å². The molecule has 1 aliphatic carbocycles. The van der Waals surface area contributed by atoms with Gasteiger partial charge in [-0.15, -0.1) is 11.8 Å². The van der Waals surface area contributed by atoms with Crippen LogP contribution < -0.4 is 10.6 Å². The molecule has 1 atom stereocenters. The normalized spacial score (nSPS) is 18.2. The van der Waals surface area contributed by atoms with Gasteiger partial charge < -0.3 is 20.5 Å². The van der Waals surface area contributed by atoms with Crippen molar-refractivity contribution in [2.45, 2.75) is 57.2 Å². The number of aromatic nitrogens is 2. The Morgan fingerprint density at radius 2 is 1.87 bits per heavy atom. The molecule has 1 aromatic carbocycles. The standard InChI is InChI=1S/C30H34N4O4S/c1-4-30(28(36)37,34-25-24(39-19(2)3)26(35)29(25)11-15-38-16-12-29)17-20-5-7-22(8-6-20)33-27-23-18-31-13-9-21(23)10-14-32-27/h5-10,13-14,18-19,34H,4,11-12,15-17H2,1-3H3,(H,32,33)(H,36,37)/t30-/m0/s1. The number of carbonyl (C=O) groups is 2. The molecule has 0 bridgehead atoms. The third-order valence-electron chi connectivity index (χ3n) is 7.71. The fourth-order valence-corrected chi connectivity index (χ4v) is 6.54. The molecule has 8 nitrogen and oxygen atoms in total. The van der Waals surface area contributed by atoms with Crippen molar-refractivity contribution >= 4 is 45.8 Å². The number of Topliss-reactive ketones (excluding diaryl/α,β-unsaturated/α-hetero) is 1. The minimum atomic E-state index is -1.25. The topological polar surface area (TPSA) is 113 Å². The predicted molar refractivity (Wildman–Crippen MR) is 154 cm³/mol. The lowest BCUT2D eigenvalue weighted by Crippen LogP contribution is -2.61. The van der Waals surface area contributed by atoms with Crippen LogP contribution in [0.4, 0.5) is 11.5 Å². The van der Waals surface area contributed by atoms with E-state index in [9.17, 15) is 14.7 Å². The average molecular weight is 547 g/mol. The summed E-state index contributed by atoms with van der Waals surface area (Å²) in [4.78, 5) is 35.5. The number of carboxylic acid groups (broad SMARTS) is 1. The first-order valence-corrected chi connectivity index (χ1v) is 14.3. The molecule has 1 fully saturated rings. The molecule has 2 aliphatic rings. The summed E-state index contributed by atoms with van der Waals surface area (Å²) in [5.74, 6) is -0.0975. The van der Waals surface area contributed by atoms with Crippen molar-refractivity contribution in [3.05, 3.63) is 71.2 Å². The number of allylic oxidation sites excluding steroid dienone is 2. The Balaban J connectivity index is 1.40. The number of thioether (sulfide) groups is 1. The Morgan fingerprint density at radius 1 is 1.15 bits per heavy atom. The summed E-state index contributed by atoms with van der Waals surface area (Å²) >= 11 is 1.51. The van der Waals surface area contributed by atoms with Crippen LogP contribution in [-0.4, -0.2) is 50.8 Å². The van der Waals surface area contributed by atoms with Gasteiger partial charge in [-0.25, -0.2) is 9.78 Å². The molecule has 0 radical (unpaired) electrons. The lowest BCUT2D eigenvalue weighted by molar-refractivity contribution is -0.146. The van der Waals surface area contributed by atoms with Gasteiger partial charge >= 0.3 is 5.97 Å². The Morgan fingerprint density at radius 3 is 2.54 bits per heavy atom. The van der Waals surface area contributed by atoms with Crippen molar-refractivity contribution in [1.82, 2.24) is 15.3 Å². The van der Waals surface area contributed by atoms with E-state index in [-0.39, 0.29) is 17.5 Å². The number of nitrogens with zero attached hydrogens (tertiary/aromatic N) is 2. The highest BCUT2D eigenvalue weighted by Crippen LogP contribution is 2.53. The number of anilines is 2. The van der Waals surface area contributed by atoms with Crippen molar-refractivity contribution in [1.29, 1.82) is 0 Å². The van der Waals surface area contributed by atoms with Gasteiger partial charge in [-0.3, -0.25) is 9.78 Å². The molecule has 2 aromatic heterocycles. The maximum Gasteiger partial charge on any atom is 0.329 e. The average Bonchev–Trinajstić information content (AvgIpc) is 2.95. The van der Waals surface area contributed by atoms with Gasteiger partial charge in [0.2, 0.25) is 0 Å². The highest BCUT2D eigenvalue weighted by Gasteiger charge is 2.57. The molecule has 0 unspecified atom stereocenters. The smallest absolute Gasteiger partial charge is 0.329 e. The highest BCUT2D eigenvalue weighted by molar-refractivity contribution is 8.04. The summed E-state index contributed by atoms with van der Waals surface area (Å²) in [5.41, 5.74) is 0.599. The first-order valence-electron chi connectivity index (χ1n) is 13.4. The van der Waals surface area contributed by atoms with Crippen molar-refractivity contribution in [2.75, 3.05) is 18.5 Å². The van der Waals surface area contributed by atoms with Gasteiger partial charge in [0, 0.05) is 60.2 Å². The molecule has 39 heavy (non-hydrogen) atoms. The monoisotopic (exact) mass is 546 g/mol. The van der Waals surface area contributed by atoms with E-state index >= 15 is 0 Å². The van der Waals surface area contributed by atoms with Gasteiger partial charge in [-0.2, -0.15) is 0 Å². The van der Waals surface area contributed by atoms with E-state index in [2.05, 4.69) is 20.6 Å². The number of carboxylic acids is 1. The number of ether oxygens (including phenoxy) is 1. The number of ketones is 1. The zero-order valence-corrected chi connectivity index (χ0v) is 23.3. The Hall–Kier alpha value is -3.43. The van der Waals surface area contributed by atoms with E-state index in [1.807, 2.05) is 57.2 Å². The van der Waals surface area contributed by atoms with Crippen LogP contribution in [0.15, 0.2) is 65.6 Å². The Labute approximate surface area is 232 Å². The van der Waals surface area contributed by atoms with Gasteiger partial charge in [0.25, 0.3) is 0 Å². The van der Waals surface area contributed by atoms with Crippen LogP contribution in [0.3, 0.4) is 0 Å². The largest absolute Gasteiger partial charge is 0.479 e. The molecule has 0 saturated carbocycles. The van der Waals surface area contributed by atoms with Crippen LogP contribution in [-0.2, 0) is 20.7 Å². The number of benzene rings is 1. The summed E-state index contributed by atoms with van der Waals surface area (Å²) < 4.78 is 5.55. The Bertz CT molecular complexity index is 1410. The summed E-state index contributed by atoms with van der Waals surface area (Å²) in [6.45, 7) is 6.96. The summed E-state index contributed by atoms with van der Waals surface area (Å²) in [6, 6.07) is 11.6. The van der Waals surface area contributed by atoms with E-state index in [0.29, 0.717) is 43.2 Å². The van der Waals surface area contributed by atoms with Gasteiger partial charge in [0.05, 0.1) is 10.3 Å². The maximum atomic E-state index is 13.3. The fourth-order valence-electron chi connectivity index (χ4n) is 5.40. The first-order chi connectivity index (χ1) is 18.8. The maximum absolute atomic E-state index is 13.3. The Kier molecular flexibility index (Phi) is 7.64. The van der Waals surface area contributed by atoms with Gasteiger partial charge in [-0.1, -0.05) is 32.9 Å². The van der Waals surface area contributed by atoms with E-state index in [4.69, 9.17) is 4.74 Å². The lowest BCUT2D eigenvalue weighted by atomic mass is 9.65. The quantitative estimate of drug-likeness (QED) is 0.304. The third-order valence-corrected chi connectivity index (χ3v) is 8.81. The van der Waals surface area contributed by atoms with Crippen LogP contribution in [0.5, 0.6) is 0 Å². The minimum Gasteiger partial charge on any atom is -0.479 e. The molecule has 3 aromatic rings. The second-order valence-corrected chi connectivity index (χ2v) is 12.1. The second kappa shape index (κ2) is 11.0. The third kappa shape index (κ3) is 5.13. The van der Waals surface area contributed by atoms with Crippen LogP contribution >= 0.6 is 11.8 Å². The predicted octanol–water partition coefficient (Wildman–Crippen LogP) is 5.47. The number of nitrogens with one attached hydrogen (secondary N) is 2. The van der Waals surface area contributed by atoms with E-state index in [1.165, 1.54) is 11.8 Å². The first kappa shape index (κ1) is 27.1. The molecule has 1 spiro atoms. The van der Waals surface area contributed by atoms with E-state index < -0.39 is 16.9 Å². The number of rotatable bonds is 10. The molecule has 3 heterocycles. The van der Waals surface area contributed by atoms with E-state index in [1.54, 1.807) is 18.6 Å². The second-order valence-electron chi connectivity index (χ2n) is 10.5. The van der Waals surface area contributed by atoms with Crippen molar-refractivity contribution in [3.8, 4) is 0 Å². The molecule has 1 aliphatic heterocycles. The molecule has 1 saturated heterocycles. The zero-order valence-electron chi connectivity index (χ0n) is 22.5. The van der Waals surface area contributed by atoms with Crippen molar-refractivity contribution in [2.24, 2.45) is 5.41 Å². The van der Waals surface area contributed by atoms with Gasteiger partial charge in [0.15, 0.2) is 5.78 Å². The van der Waals surface area contributed by atoms with Crippen LogP contribution in [0, 0.1) is 5.41 Å². The van der Waals surface area contributed by atoms with Crippen LogP contribution in [0.25, 0.3) is 10.8 Å². The lowest BCUT2D eigenvalue weighted by Gasteiger charge is -2.49. The number of fused-ring (bicyclic) bond motifs is 1. The number of pyridine rings is 2. The molecule has 3 N–H and O–H groups in total. The molecule has 5 rings (SSSR count). The number of hydrogen-bond acceptors (Lipinski definition) is 8. The van der Waals surface area contributed by atoms with E-state index in [0.717, 1.165) is 27.7 Å². The number of hydrogen-bond donors (Lipinski definition) is 3. The van der Waals surface area contributed by atoms with Crippen molar-refractivity contribution in [3.63, 3.8) is 0 Å². The summed E-state index contributed by atoms with van der Waals surface area (Å²) in [7, 11) is 0. The van der Waals surface area contributed by atoms with Crippen LogP contribution in [0.2, 0.25) is 0 Å².